The third-order valence-corrected chi connectivity index (χ3v) is 1.25. The summed E-state index contributed by atoms with van der Waals surface area (Å²) in [6.45, 7) is 0. The number of hydrogen-bond donors (Lipinski definition) is 2. The lowest BCUT2D eigenvalue weighted by atomic mass is 10.5. The lowest BCUT2D eigenvalue weighted by Crippen LogP contribution is -1.91. The Morgan fingerprint density at radius 3 is 2.43 bits per heavy atom. The zero-order valence-electron chi connectivity index (χ0n) is 6.78. The van der Waals surface area contributed by atoms with Crippen molar-refractivity contribution in [2.75, 3.05) is 5.73 Å². The molecule has 5 nitrogen and oxygen atoms in total. The zero-order valence-corrected chi connectivity index (χ0v) is 6.78. The molecule has 2 heterocycles. The topological polar surface area (TPSA) is 80.5 Å². The van der Waals surface area contributed by atoms with E-state index >= 15 is 0 Å². The van der Waals surface area contributed by atoms with E-state index in [-0.39, 0.29) is 0 Å². The number of anilines is 1. The Labute approximate surface area is 76.8 Å². The Balaban J connectivity index is 0.000000213. The number of nitrogen functional groups attached to an aromatic ring is 1. The number of nitrogens with two attached hydrogens (primary N) is 1. The third kappa shape index (κ3) is 2.61. The van der Waals surface area contributed by atoms with Crippen molar-refractivity contribution in [2.24, 2.45) is 0 Å². The number of nitrogens with one attached hydrogen (secondary N) is 1. The van der Waals surface area contributed by atoms with Crippen LogP contribution in [0.5, 0.6) is 0 Å². The molecule has 14 heavy (non-hydrogen) atoms. The Morgan fingerprint density at radius 2 is 1.86 bits per heavy atom. The van der Waals surface area contributed by atoms with Gasteiger partial charge >= 0.3 is 7.54 Å². The van der Waals surface area contributed by atoms with Crippen LogP contribution in [0.1, 0.15) is 0 Å². The second-order valence-electron chi connectivity index (χ2n) is 2.11. The summed E-state index contributed by atoms with van der Waals surface area (Å²) in [5.74, 6) is 0.433. The number of hydrogen-bond acceptors (Lipinski definition) is 4. The number of fused-ring (bicyclic) bond motifs is 1. The van der Waals surface area contributed by atoms with Crippen LogP contribution in [0.25, 0.3) is 11.2 Å². The molecule has 2 aromatic heterocycles. The lowest BCUT2D eigenvalue weighted by Gasteiger charge is -1.89. The molecule has 9 heteroatoms. The highest BCUT2D eigenvalue weighted by molar-refractivity contribution is 6.33. The van der Waals surface area contributed by atoms with E-state index in [0.29, 0.717) is 17.0 Å². The van der Waals surface area contributed by atoms with Gasteiger partial charge in [0.2, 0.25) is 0 Å². The van der Waals surface area contributed by atoms with Crippen molar-refractivity contribution in [2.45, 2.75) is 0 Å². The van der Waals surface area contributed by atoms with Gasteiger partial charge in [0.1, 0.15) is 11.8 Å². The zero-order chi connectivity index (χ0) is 10.6. The quantitative estimate of drug-likeness (QED) is 0.620. The number of halogens is 3. The summed E-state index contributed by atoms with van der Waals surface area (Å²) in [7, 11) is -3.67. The van der Waals surface area contributed by atoms with Crippen molar-refractivity contribution in [3.8, 4) is 0 Å². The molecule has 74 valence electrons. The van der Waals surface area contributed by atoms with Gasteiger partial charge in [-0.2, -0.15) is 0 Å². The predicted octanol–water partition coefficient (Wildman–Crippen LogP) is 0.815. The van der Waals surface area contributed by atoms with Crippen molar-refractivity contribution in [3.05, 3.63) is 12.7 Å². The maximum atomic E-state index is 9.67. The first kappa shape index (κ1) is 10.3. The standard InChI is InChI=1S/C5H5N5.BF3/c6-4-3-5(9-1-7-3)10-2-8-4;2-1(3)4/h1-2H,(H3,6,7,8,9,10);. The molecule has 0 spiro atoms. The van der Waals surface area contributed by atoms with Gasteiger partial charge < -0.3 is 10.7 Å². The molecule has 2 rings (SSSR count). The van der Waals surface area contributed by atoms with Gasteiger partial charge in [0.05, 0.1) is 6.33 Å². The number of aromatic amines is 1. The van der Waals surface area contributed by atoms with Gasteiger partial charge in [0.25, 0.3) is 0 Å². The van der Waals surface area contributed by atoms with E-state index in [1.54, 1.807) is 0 Å². The summed E-state index contributed by atoms with van der Waals surface area (Å²) in [5.41, 5.74) is 6.78. The summed E-state index contributed by atoms with van der Waals surface area (Å²) in [6, 6.07) is 0. The average molecular weight is 203 g/mol. The summed E-state index contributed by atoms with van der Waals surface area (Å²) in [6.07, 6.45) is 2.92. The van der Waals surface area contributed by atoms with Crippen molar-refractivity contribution in [3.63, 3.8) is 0 Å². The van der Waals surface area contributed by atoms with E-state index in [4.69, 9.17) is 5.73 Å². The molecule has 0 aliphatic heterocycles. The van der Waals surface area contributed by atoms with Gasteiger partial charge in [-0.05, 0) is 0 Å². The molecule has 3 N–H and O–H groups in total. The molecule has 0 radical (unpaired) electrons. The van der Waals surface area contributed by atoms with Crippen LogP contribution in [0, 0.1) is 0 Å². The van der Waals surface area contributed by atoms with E-state index in [1.807, 2.05) is 0 Å². The number of nitrogens with zero attached hydrogens (tertiary/aromatic N) is 3. The van der Waals surface area contributed by atoms with E-state index < -0.39 is 7.54 Å². The van der Waals surface area contributed by atoms with Crippen LogP contribution >= 0.6 is 0 Å². The number of rotatable bonds is 0. The Kier molecular flexibility index (Phi) is 3.27. The lowest BCUT2D eigenvalue weighted by molar-refractivity contribution is 0.535. The van der Waals surface area contributed by atoms with Gasteiger partial charge in [-0.3, -0.25) is 12.9 Å². The van der Waals surface area contributed by atoms with Gasteiger partial charge in [-0.25, -0.2) is 15.0 Å². The normalized spacial score (nSPS) is 9.36. The van der Waals surface area contributed by atoms with Crippen LogP contribution < -0.4 is 5.73 Å². The smallest absolute Gasteiger partial charge is 0.382 e. The number of aromatic nitrogens is 4. The van der Waals surface area contributed by atoms with Crippen LogP contribution in [0.3, 0.4) is 0 Å². The van der Waals surface area contributed by atoms with E-state index in [0.717, 1.165) is 0 Å². The highest BCUT2D eigenvalue weighted by atomic mass is 19.4. The summed E-state index contributed by atoms with van der Waals surface area (Å²) in [5, 5.41) is 0. The van der Waals surface area contributed by atoms with Crippen molar-refractivity contribution < 1.29 is 12.9 Å². The predicted molar refractivity (Wildman–Crippen MR) is 45.2 cm³/mol. The van der Waals surface area contributed by atoms with Crippen LogP contribution in [-0.2, 0) is 0 Å². The van der Waals surface area contributed by atoms with Crippen molar-refractivity contribution in [1.29, 1.82) is 0 Å². The molecule has 0 atom stereocenters. The average Bonchev–Trinajstić information content (AvgIpc) is 2.52. The Hall–Kier alpha value is -1.80. The largest absolute Gasteiger partial charge is 0.762 e. The van der Waals surface area contributed by atoms with Crippen LogP contribution in [0.4, 0.5) is 18.8 Å². The third-order valence-electron chi connectivity index (χ3n) is 1.25. The monoisotopic (exact) mass is 203 g/mol. The molecule has 0 unspecified atom stereocenters. The van der Waals surface area contributed by atoms with Crippen molar-refractivity contribution in [1.82, 2.24) is 19.9 Å². The first-order valence-corrected chi connectivity index (χ1v) is 3.43. The second-order valence-corrected chi connectivity index (χ2v) is 2.11. The molecule has 0 aliphatic carbocycles. The molecular formula is C5H5BF3N5. The molecular weight excluding hydrogens is 198 g/mol. The summed E-state index contributed by atoms with van der Waals surface area (Å²) in [4.78, 5) is 14.4. The molecule has 0 saturated heterocycles. The fraction of sp³-hybridized carbons (Fsp3) is 0. The Morgan fingerprint density at radius 1 is 1.21 bits per heavy atom. The maximum Gasteiger partial charge on any atom is 0.762 e. The first-order valence-electron chi connectivity index (χ1n) is 3.43. The van der Waals surface area contributed by atoms with E-state index in [2.05, 4.69) is 19.9 Å². The van der Waals surface area contributed by atoms with Gasteiger partial charge in [-0.1, -0.05) is 0 Å². The van der Waals surface area contributed by atoms with Crippen LogP contribution in [0.2, 0.25) is 0 Å². The maximum absolute atomic E-state index is 9.67. The summed E-state index contributed by atoms with van der Waals surface area (Å²) >= 11 is 0. The number of imidazole rings is 1. The molecule has 2 aromatic rings. The van der Waals surface area contributed by atoms with E-state index in [9.17, 15) is 12.9 Å². The van der Waals surface area contributed by atoms with Crippen LogP contribution in [-0.4, -0.2) is 27.5 Å². The molecule has 0 bridgehead atoms. The fourth-order valence-electron chi connectivity index (χ4n) is 0.784. The molecule has 0 saturated carbocycles. The molecule has 0 fully saturated rings. The number of H-pyrrole nitrogens is 1. The minimum absolute atomic E-state index is 0.433. The molecule has 0 aliphatic rings. The van der Waals surface area contributed by atoms with Gasteiger partial charge in [0.15, 0.2) is 11.5 Å². The van der Waals surface area contributed by atoms with Crippen molar-refractivity contribution >= 4 is 24.5 Å². The Bertz CT molecular complexity index is 402. The SMILES string of the molecule is FB(F)F.Nc1ncnc2nc[nH]c12. The molecule has 0 aromatic carbocycles. The minimum Gasteiger partial charge on any atom is -0.382 e. The van der Waals surface area contributed by atoms with Gasteiger partial charge in [-0.15, -0.1) is 0 Å². The fourth-order valence-corrected chi connectivity index (χ4v) is 0.784. The highest BCUT2D eigenvalue weighted by Gasteiger charge is 2.06. The first-order chi connectivity index (χ1) is 6.61. The van der Waals surface area contributed by atoms with Crippen LogP contribution in [0.15, 0.2) is 12.7 Å². The highest BCUT2D eigenvalue weighted by Crippen LogP contribution is 2.09. The summed E-state index contributed by atoms with van der Waals surface area (Å²) < 4.78 is 29.0. The second kappa shape index (κ2) is 4.44. The molecule has 0 amide bonds. The van der Waals surface area contributed by atoms with Gasteiger partial charge in [0, 0.05) is 0 Å². The minimum atomic E-state index is -3.67. The van der Waals surface area contributed by atoms with E-state index in [1.165, 1.54) is 12.7 Å².